The van der Waals surface area contributed by atoms with Crippen LogP contribution in [0.5, 0.6) is 0 Å². The average molecular weight is 403 g/mol. The molecule has 7 nitrogen and oxygen atoms in total. The first-order valence-electron chi connectivity index (χ1n) is 10.2. The van der Waals surface area contributed by atoms with Gasteiger partial charge in [-0.05, 0) is 43.5 Å². The van der Waals surface area contributed by atoms with Crippen LogP contribution in [-0.2, 0) is 6.42 Å². The molecule has 2 heterocycles. The number of pyridine rings is 1. The fraction of sp³-hybridized carbons (Fsp3) is 0.261. The number of carbonyl (C=O) groups is 2. The number of nitrogens with one attached hydrogen (secondary N) is 4. The molecule has 7 heteroatoms. The number of aromatic nitrogens is 2. The number of urea groups is 1. The number of benzene rings is 1. The number of amides is 2. The van der Waals surface area contributed by atoms with E-state index in [2.05, 4.69) is 25.9 Å². The fourth-order valence-corrected chi connectivity index (χ4v) is 3.87. The number of rotatable bonds is 6. The summed E-state index contributed by atoms with van der Waals surface area (Å²) in [5.41, 5.74) is 5.16. The SMILES string of the molecule is CCNC(=O)NC[C@@H]1CC(=O)c2c([nH]c(-c3ccncc3)c2Nc2ccccc2)C1. The van der Waals surface area contributed by atoms with Gasteiger partial charge in [-0.25, -0.2) is 4.79 Å². The molecule has 154 valence electrons. The normalized spacial score (nSPS) is 15.4. The number of para-hydroxylation sites is 1. The lowest BCUT2D eigenvalue weighted by Crippen LogP contribution is -2.39. The van der Waals surface area contributed by atoms with Gasteiger partial charge in [0, 0.05) is 48.8 Å². The third-order valence-electron chi connectivity index (χ3n) is 5.22. The van der Waals surface area contributed by atoms with Gasteiger partial charge >= 0.3 is 6.03 Å². The van der Waals surface area contributed by atoms with Crippen molar-refractivity contribution >= 4 is 23.2 Å². The van der Waals surface area contributed by atoms with Crippen LogP contribution in [0.1, 0.15) is 29.4 Å². The van der Waals surface area contributed by atoms with Crippen LogP contribution in [0.15, 0.2) is 54.9 Å². The summed E-state index contributed by atoms with van der Waals surface area (Å²) < 4.78 is 0. The zero-order valence-corrected chi connectivity index (χ0v) is 16.9. The fourth-order valence-electron chi connectivity index (χ4n) is 3.87. The zero-order valence-electron chi connectivity index (χ0n) is 16.9. The molecule has 4 rings (SSSR count). The van der Waals surface area contributed by atoms with Crippen molar-refractivity contribution in [2.75, 3.05) is 18.4 Å². The molecule has 0 saturated carbocycles. The molecule has 0 bridgehead atoms. The van der Waals surface area contributed by atoms with Gasteiger partial charge < -0.3 is 20.9 Å². The molecule has 0 aliphatic heterocycles. The maximum Gasteiger partial charge on any atom is 0.314 e. The number of aromatic amines is 1. The lowest BCUT2D eigenvalue weighted by molar-refractivity contribution is 0.0949. The van der Waals surface area contributed by atoms with Crippen LogP contribution >= 0.6 is 0 Å². The lowest BCUT2D eigenvalue weighted by atomic mass is 9.86. The Morgan fingerprint density at radius 1 is 1.10 bits per heavy atom. The minimum atomic E-state index is -0.203. The van der Waals surface area contributed by atoms with Crippen molar-refractivity contribution in [2.24, 2.45) is 5.92 Å². The Bertz CT molecular complexity index is 1030. The number of hydrogen-bond donors (Lipinski definition) is 4. The first-order valence-corrected chi connectivity index (χ1v) is 10.2. The minimum absolute atomic E-state index is 0.0566. The van der Waals surface area contributed by atoms with Crippen LogP contribution < -0.4 is 16.0 Å². The highest BCUT2D eigenvalue weighted by Gasteiger charge is 2.31. The molecule has 1 aliphatic rings. The summed E-state index contributed by atoms with van der Waals surface area (Å²) in [6.07, 6.45) is 4.57. The van der Waals surface area contributed by atoms with Gasteiger partial charge in [-0.1, -0.05) is 18.2 Å². The van der Waals surface area contributed by atoms with E-state index in [-0.39, 0.29) is 17.7 Å². The van der Waals surface area contributed by atoms with Crippen LogP contribution in [0.25, 0.3) is 11.3 Å². The van der Waals surface area contributed by atoms with Gasteiger partial charge in [0.05, 0.1) is 16.9 Å². The van der Waals surface area contributed by atoms with Crippen LogP contribution in [0, 0.1) is 5.92 Å². The molecule has 0 saturated heterocycles. The summed E-state index contributed by atoms with van der Waals surface area (Å²) in [5.74, 6) is 0.134. The molecule has 0 fully saturated rings. The van der Waals surface area contributed by atoms with E-state index >= 15 is 0 Å². The summed E-state index contributed by atoms with van der Waals surface area (Å²) in [4.78, 5) is 32.4. The molecule has 4 N–H and O–H groups in total. The second-order valence-corrected chi connectivity index (χ2v) is 7.39. The van der Waals surface area contributed by atoms with Gasteiger partial charge in [0.2, 0.25) is 0 Å². The molecule has 2 amide bonds. The van der Waals surface area contributed by atoms with Gasteiger partial charge in [0.25, 0.3) is 0 Å². The van der Waals surface area contributed by atoms with Crippen LogP contribution in [0.4, 0.5) is 16.2 Å². The Labute approximate surface area is 175 Å². The smallest absolute Gasteiger partial charge is 0.314 e. The highest BCUT2D eigenvalue weighted by atomic mass is 16.2. The van der Waals surface area contributed by atoms with Gasteiger partial charge in [-0.15, -0.1) is 0 Å². The predicted molar refractivity (Wildman–Crippen MR) is 117 cm³/mol. The Morgan fingerprint density at radius 2 is 1.87 bits per heavy atom. The highest BCUT2D eigenvalue weighted by molar-refractivity contribution is 6.07. The van der Waals surface area contributed by atoms with Crippen molar-refractivity contribution in [2.45, 2.75) is 19.8 Å². The Balaban J connectivity index is 1.66. The van der Waals surface area contributed by atoms with E-state index in [1.165, 1.54) is 0 Å². The number of Topliss-reactive ketones (excluding diaryl/α,β-unsaturated/α-hetero) is 1. The van der Waals surface area contributed by atoms with Crippen molar-refractivity contribution < 1.29 is 9.59 Å². The molecule has 3 aromatic rings. The number of carbonyl (C=O) groups excluding carboxylic acids is 2. The van der Waals surface area contributed by atoms with Crippen molar-refractivity contribution in [3.63, 3.8) is 0 Å². The topological polar surface area (TPSA) is 98.9 Å². The quantitative estimate of drug-likeness (QED) is 0.502. The van der Waals surface area contributed by atoms with Gasteiger partial charge in [-0.2, -0.15) is 0 Å². The van der Waals surface area contributed by atoms with Crippen LogP contribution in [0.2, 0.25) is 0 Å². The highest BCUT2D eigenvalue weighted by Crippen LogP contribution is 2.39. The third-order valence-corrected chi connectivity index (χ3v) is 5.22. The number of ketones is 1. The predicted octanol–water partition coefficient (Wildman–Crippen LogP) is 3.88. The molecule has 1 atom stereocenters. The Morgan fingerprint density at radius 3 is 2.60 bits per heavy atom. The maximum atomic E-state index is 13.1. The van der Waals surface area contributed by atoms with Crippen molar-refractivity contribution in [1.82, 2.24) is 20.6 Å². The summed E-state index contributed by atoms with van der Waals surface area (Å²) in [7, 11) is 0. The summed E-state index contributed by atoms with van der Waals surface area (Å²) in [5, 5.41) is 9.02. The molecule has 0 unspecified atom stereocenters. The number of hydrogen-bond acceptors (Lipinski definition) is 4. The second-order valence-electron chi connectivity index (χ2n) is 7.39. The van der Waals surface area contributed by atoms with E-state index in [0.717, 1.165) is 28.3 Å². The maximum absolute atomic E-state index is 13.1. The van der Waals surface area contributed by atoms with Crippen molar-refractivity contribution in [1.29, 1.82) is 0 Å². The molecule has 1 aliphatic carbocycles. The zero-order chi connectivity index (χ0) is 20.9. The summed E-state index contributed by atoms with van der Waals surface area (Å²) >= 11 is 0. The number of nitrogens with zero attached hydrogens (tertiary/aromatic N) is 1. The van der Waals surface area contributed by atoms with Gasteiger partial charge in [0.15, 0.2) is 5.78 Å². The molecule has 0 radical (unpaired) electrons. The summed E-state index contributed by atoms with van der Waals surface area (Å²) in [6, 6.07) is 13.5. The molecule has 0 spiro atoms. The van der Waals surface area contributed by atoms with Crippen LogP contribution in [-0.4, -0.2) is 34.9 Å². The van der Waals surface area contributed by atoms with Crippen molar-refractivity contribution in [3.8, 4) is 11.3 Å². The van der Waals surface area contributed by atoms with Gasteiger partial charge in [0.1, 0.15) is 0 Å². The van der Waals surface area contributed by atoms with E-state index in [9.17, 15) is 9.59 Å². The van der Waals surface area contributed by atoms with Crippen molar-refractivity contribution in [3.05, 3.63) is 66.1 Å². The minimum Gasteiger partial charge on any atom is -0.356 e. The monoisotopic (exact) mass is 403 g/mol. The molecular formula is C23H25N5O2. The largest absolute Gasteiger partial charge is 0.356 e. The van der Waals surface area contributed by atoms with E-state index in [1.54, 1.807) is 12.4 Å². The van der Waals surface area contributed by atoms with E-state index < -0.39 is 0 Å². The third kappa shape index (κ3) is 4.20. The molecule has 2 aromatic heterocycles. The molecule has 1 aromatic carbocycles. The van der Waals surface area contributed by atoms with E-state index in [1.807, 2.05) is 49.4 Å². The second kappa shape index (κ2) is 8.82. The Kier molecular flexibility index (Phi) is 5.79. The Hall–Kier alpha value is -3.61. The standard InChI is InChI=1S/C23H25N5O2/c1-2-25-23(30)26-14-15-12-18-20(19(29)13-15)22(27-17-6-4-3-5-7-17)21(28-18)16-8-10-24-11-9-16/h3-11,15,27-28H,2,12-14H2,1H3,(H2,25,26,30)/t15-/m0/s1. The molecular weight excluding hydrogens is 378 g/mol. The van der Waals surface area contributed by atoms with Crippen LogP contribution in [0.3, 0.4) is 0 Å². The van der Waals surface area contributed by atoms with E-state index in [4.69, 9.17) is 0 Å². The first-order chi connectivity index (χ1) is 14.7. The first kappa shape index (κ1) is 19.7. The van der Waals surface area contributed by atoms with E-state index in [0.29, 0.717) is 31.5 Å². The number of fused-ring (bicyclic) bond motifs is 1. The lowest BCUT2D eigenvalue weighted by Gasteiger charge is -2.22. The average Bonchev–Trinajstić information content (AvgIpc) is 3.12. The number of anilines is 2. The van der Waals surface area contributed by atoms with Gasteiger partial charge in [-0.3, -0.25) is 9.78 Å². The summed E-state index contributed by atoms with van der Waals surface area (Å²) in [6.45, 7) is 2.90. The number of H-pyrrole nitrogens is 1. The molecule has 30 heavy (non-hydrogen) atoms.